The Bertz CT molecular complexity index is 761. The number of likely N-dealkylation sites (N-methyl/N-ethyl adjacent to an activating group) is 1. The molecular formula is C17H19F2N3O3. The van der Waals surface area contributed by atoms with E-state index in [1.807, 2.05) is 19.1 Å². The molecule has 1 aromatic carbocycles. The van der Waals surface area contributed by atoms with Crippen LogP contribution in [0.5, 0.6) is 0 Å². The maximum atomic E-state index is 13.1. The van der Waals surface area contributed by atoms with Crippen LogP contribution in [0.15, 0.2) is 34.7 Å². The number of anilines is 1. The minimum absolute atomic E-state index is 0.0816. The lowest BCUT2D eigenvalue weighted by molar-refractivity contribution is -0.124. The Morgan fingerprint density at radius 3 is 2.52 bits per heavy atom. The Balaban J connectivity index is 1.73. The molecule has 0 aliphatic carbocycles. The van der Waals surface area contributed by atoms with E-state index in [2.05, 4.69) is 10.6 Å². The molecule has 8 heteroatoms. The van der Waals surface area contributed by atoms with E-state index >= 15 is 0 Å². The maximum Gasteiger partial charge on any atom is 0.243 e. The molecule has 0 spiro atoms. The van der Waals surface area contributed by atoms with Crippen molar-refractivity contribution in [1.82, 2.24) is 10.2 Å². The number of benzene rings is 1. The Hall–Kier alpha value is -2.74. The summed E-state index contributed by atoms with van der Waals surface area (Å²) in [4.78, 5) is 25.3. The van der Waals surface area contributed by atoms with Crippen LogP contribution in [0.25, 0.3) is 0 Å². The number of rotatable bonds is 7. The molecule has 0 fully saturated rings. The van der Waals surface area contributed by atoms with E-state index in [1.54, 1.807) is 11.9 Å². The second kappa shape index (κ2) is 8.39. The predicted molar refractivity (Wildman–Crippen MR) is 87.8 cm³/mol. The van der Waals surface area contributed by atoms with E-state index in [1.165, 1.54) is 6.07 Å². The van der Waals surface area contributed by atoms with Crippen LogP contribution >= 0.6 is 0 Å². The molecule has 0 radical (unpaired) electrons. The Labute approximate surface area is 143 Å². The first-order valence-corrected chi connectivity index (χ1v) is 7.59. The van der Waals surface area contributed by atoms with E-state index in [0.29, 0.717) is 6.54 Å². The number of nitrogens with one attached hydrogen (secondary N) is 2. The number of hydrogen-bond donors (Lipinski definition) is 2. The third-order valence-corrected chi connectivity index (χ3v) is 3.28. The van der Waals surface area contributed by atoms with Crippen molar-refractivity contribution < 1.29 is 22.8 Å². The molecule has 0 unspecified atom stereocenters. The van der Waals surface area contributed by atoms with Crippen molar-refractivity contribution in [2.75, 3.05) is 25.5 Å². The number of hydrogen-bond acceptors (Lipinski definition) is 4. The third kappa shape index (κ3) is 6.00. The summed E-state index contributed by atoms with van der Waals surface area (Å²) in [6.07, 6.45) is 0. The summed E-state index contributed by atoms with van der Waals surface area (Å²) in [5.74, 6) is -1.40. The van der Waals surface area contributed by atoms with Gasteiger partial charge in [-0.2, -0.15) is 0 Å². The van der Waals surface area contributed by atoms with Crippen molar-refractivity contribution in [2.24, 2.45) is 0 Å². The van der Waals surface area contributed by atoms with Gasteiger partial charge in [0, 0.05) is 11.8 Å². The minimum Gasteiger partial charge on any atom is -0.465 e. The maximum absolute atomic E-state index is 13.1. The monoisotopic (exact) mass is 351 g/mol. The van der Waals surface area contributed by atoms with E-state index in [0.717, 1.165) is 23.7 Å². The molecule has 6 nitrogen and oxygen atoms in total. The van der Waals surface area contributed by atoms with Gasteiger partial charge in [-0.3, -0.25) is 14.5 Å². The molecule has 0 saturated carbocycles. The fourth-order valence-electron chi connectivity index (χ4n) is 2.15. The molecule has 0 saturated heterocycles. The standard InChI is InChI=1S/C17H19F2N3O3/c1-11-3-5-13(25-11)9-22(2)10-17(24)20-8-16(23)21-12-4-6-14(18)15(19)7-12/h3-7H,8-10H2,1-2H3,(H,20,24)(H,21,23). The summed E-state index contributed by atoms with van der Waals surface area (Å²) in [5.41, 5.74) is 0.114. The SMILES string of the molecule is Cc1ccc(CN(C)CC(=O)NCC(=O)Nc2ccc(F)c(F)c2)o1. The Kier molecular flexibility index (Phi) is 6.24. The molecule has 2 rings (SSSR count). The first-order valence-electron chi connectivity index (χ1n) is 7.59. The number of furan rings is 1. The fourth-order valence-corrected chi connectivity index (χ4v) is 2.15. The fraction of sp³-hybridized carbons (Fsp3) is 0.294. The van der Waals surface area contributed by atoms with Crippen LogP contribution in [-0.2, 0) is 16.1 Å². The third-order valence-electron chi connectivity index (χ3n) is 3.28. The van der Waals surface area contributed by atoms with E-state index in [9.17, 15) is 18.4 Å². The number of amides is 2. The molecule has 2 aromatic rings. The second-order valence-electron chi connectivity index (χ2n) is 5.64. The van der Waals surface area contributed by atoms with Gasteiger partial charge >= 0.3 is 0 Å². The number of nitrogens with zero attached hydrogens (tertiary/aromatic N) is 1. The second-order valence-corrected chi connectivity index (χ2v) is 5.64. The normalized spacial score (nSPS) is 10.8. The van der Waals surface area contributed by atoms with Gasteiger partial charge in [0.25, 0.3) is 0 Å². The first kappa shape index (κ1) is 18.6. The van der Waals surface area contributed by atoms with Crippen molar-refractivity contribution in [2.45, 2.75) is 13.5 Å². The van der Waals surface area contributed by atoms with Gasteiger partial charge < -0.3 is 15.1 Å². The molecular weight excluding hydrogens is 332 g/mol. The quantitative estimate of drug-likeness (QED) is 0.801. The van der Waals surface area contributed by atoms with Gasteiger partial charge in [-0.05, 0) is 38.2 Å². The van der Waals surface area contributed by atoms with Gasteiger partial charge in [0.2, 0.25) is 11.8 Å². The molecule has 1 aromatic heterocycles. The van der Waals surface area contributed by atoms with Crippen LogP contribution < -0.4 is 10.6 Å². The summed E-state index contributed by atoms with van der Waals surface area (Å²) >= 11 is 0. The molecule has 2 N–H and O–H groups in total. The van der Waals surface area contributed by atoms with Crippen molar-refractivity contribution >= 4 is 17.5 Å². The zero-order valence-electron chi connectivity index (χ0n) is 13.9. The van der Waals surface area contributed by atoms with Crippen molar-refractivity contribution in [3.63, 3.8) is 0 Å². The van der Waals surface area contributed by atoms with Gasteiger partial charge in [-0.1, -0.05) is 0 Å². The van der Waals surface area contributed by atoms with Gasteiger partial charge in [-0.15, -0.1) is 0 Å². The topological polar surface area (TPSA) is 74.6 Å². The molecule has 0 atom stereocenters. The number of aryl methyl sites for hydroxylation is 1. The van der Waals surface area contributed by atoms with Crippen LogP contribution in [-0.4, -0.2) is 36.9 Å². The van der Waals surface area contributed by atoms with E-state index in [4.69, 9.17) is 4.42 Å². The summed E-state index contributed by atoms with van der Waals surface area (Å²) in [7, 11) is 1.75. The molecule has 2 amide bonds. The highest BCUT2D eigenvalue weighted by atomic mass is 19.2. The molecule has 25 heavy (non-hydrogen) atoms. The lowest BCUT2D eigenvalue weighted by Gasteiger charge is -2.14. The zero-order chi connectivity index (χ0) is 18.4. The van der Waals surface area contributed by atoms with Gasteiger partial charge in [0.05, 0.1) is 19.6 Å². The Morgan fingerprint density at radius 2 is 1.88 bits per heavy atom. The minimum atomic E-state index is -1.06. The predicted octanol–water partition coefficient (Wildman–Crippen LogP) is 2.05. The summed E-state index contributed by atoms with van der Waals surface area (Å²) in [5, 5.41) is 4.83. The molecule has 0 aliphatic rings. The highest BCUT2D eigenvalue weighted by Gasteiger charge is 2.11. The number of carbonyl (C=O) groups is 2. The lowest BCUT2D eigenvalue weighted by Crippen LogP contribution is -2.39. The largest absolute Gasteiger partial charge is 0.465 e. The smallest absolute Gasteiger partial charge is 0.243 e. The van der Waals surface area contributed by atoms with Crippen molar-refractivity contribution in [3.05, 3.63) is 53.5 Å². The highest BCUT2D eigenvalue weighted by Crippen LogP contribution is 2.12. The average molecular weight is 351 g/mol. The van der Waals surface area contributed by atoms with Crippen molar-refractivity contribution in [1.29, 1.82) is 0 Å². The molecule has 134 valence electrons. The molecule has 0 bridgehead atoms. The van der Waals surface area contributed by atoms with Crippen LogP contribution in [0.3, 0.4) is 0 Å². The van der Waals surface area contributed by atoms with Crippen LogP contribution in [0.2, 0.25) is 0 Å². The zero-order valence-corrected chi connectivity index (χ0v) is 13.9. The van der Waals surface area contributed by atoms with Crippen LogP contribution in [0.1, 0.15) is 11.5 Å². The van der Waals surface area contributed by atoms with E-state index in [-0.39, 0.29) is 24.7 Å². The number of carbonyl (C=O) groups excluding carboxylic acids is 2. The van der Waals surface area contributed by atoms with Gasteiger partial charge in [0.15, 0.2) is 11.6 Å². The van der Waals surface area contributed by atoms with Gasteiger partial charge in [0.1, 0.15) is 11.5 Å². The number of halogens is 2. The summed E-state index contributed by atoms with van der Waals surface area (Å²) in [6.45, 7) is 2.11. The van der Waals surface area contributed by atoms with Crippen LogP contribution in [0, 0.1) is 18.6 Å². The molecule has 1 heterocycles. The van der Waals surface area contributed by atoms with Crippen LogP contribution in [0.4, 0.5) is 14.5 Å². The van der Waals surface area contributed by atoms with E-state index < -0.39 is 17.5 Å². The average Bonchev–Trinajstić information content (AvgIpc) is 2.94. The Morgan fingerprint density at radius 1 is 1.12 bits per heavy atom. The van der Waals surface area contributed by atoms with Gasteiger partial charge in [-0.25, -0.2) is 8.78 Å². The molecule has 0 aliphatic heterocycles. The first-order chi connectivity index (χ1) is 11.8. The lowest BCUT2D eigenvalue weighted by atomic mass is 10.3. The summed E-state index contributed by atoms with van der Waals surface area (Å²) < 4.78 is 31.3. The van der Waals surface area contributed by atoms with Crippen molar-refractivity contribution in [3.8, 4) is 0 Å². The highest BCUT2D eigenvalue weighted by molar-refractivity contribution is 5.94. The summed E-state index contributed by atoms with van der Waals surface area (Å²) in [6, 6.07) is 6.69.